The summed E-state index contributed by atoms with van der Waals surface area (Å²) in [5.74, 6) is 4.37. The minimum absolute atomic E-state index is 0.00948. The summed E-state index contributed by atoms with van der Waals surface area (Å²) in [6.07, 6.45) is -1.13. The molecular weight excluding hydrogens is 1060 g/mol. The normalized spacial score (nSPS) is 12.2. The molecule has 80 heavy (non-hydrogen) atoms. The third kappa shape index (κ3) is 9.12. The van der Waals surface area contributed by atoms with E-state index in [-0.39, 0.29) is 45.3 Å². The first kappa shape index (κ1) is 50.5. The molecule has 1 unspecified atom stereocenters. The summed E-state index contributed by atoms with van der Waals surface area (Å²) in [7, 11) is 1.88. The minimum atomic E-state index is -1.13. The molecule has 0 fully saturated rings. The van der Waals surface area contributed by atoms with Gasteiger partial charge in [-0.2, -0.15) is 10.2 Å². The summed E-state index contributed by atoms with van der Waals surface area (Å²) < 4.78 is 0. The van der Waals surface area contributed by atoms with Gasteiger partial charge in [-0.05, 0) is 119 Å². The molecule has 2 aromatic heterocycles. The third-order valence-corrected chi connectivity index (χ3v) is 14.4. The number of phenolic OH excluding ortho intramolecular Hbond substituents is 2. The van der Waals surface area contributed by atoms with Crippen molar-refractivity contribution < 1.29 is 29.7 Å². The number of nitrogens with one attached hydrogen (secondary N) is 3. The number of nitro groups is 2. The van der Waals surface area contributed by atoms with Crippen molar-refractivity contribution in [2.45, 2.75) is 6.10 Å². The second kappa shape index (κ2) is 20.2. The van der Waals surface area contributed by atoms with Gasteiger partial charge in [0.2, 0.25) is 0 Å². The van der Waals surface area contributed by atoms with Crippen LogP contribution in [0, 0.1) is 20.2 Å². The molecule has 1 atom stereocenters. The van der Waals surface area contributed by atoms with Crippen LogP contribution in [0.1, 0.15) is 27.6 Å². The van der Waals surface area contributed by atoms with Crippen LogP contribution in [0.5, 0.6) is 11.5 Å². The number of rotatable bonds is 13. The van der Waals surface area contributed by atoms with Crippen LogP contribution in [0.3, 0.4) is 0 Å². The third-order valence-electron chi connectivity index (χ3n) is 14.0. The number of nitrogens with two attached hydrogens (primary N) is 1. The van der Waals surface area contributed by atoms with Crippen molar-refractivity contribution in [3.63, 3.8) is 0 Å². The van der Waals surface area contributed by atoms with Crippen molar-refractivity contribution in [3.8, 4) is 11.5 Å². The van der Waals surface area contributed by atoms with Crippen LogP contribution in [0.25, 0.3) is 65.2 Å². The van der Waals surface area contributed by atoms with E-state index in [1.54, 1.807) is 54.6 Å². The Bertz CT molecular complexity index is 4620. The minimum Gasteiger partial charge on any atom is -0.505 e. The number of fused-ring (bicyclic) bond motifs is 10. The molecule has 0 bridgehead atoms. The molecule has 12 aromatic rings. The number of aromatic nitrogens is 2. The van der Waals surface area contributed by atoms with Crippen molar-refractivity contribution in [3.05, 3.63) is 217 Å². The number of halogens is 2. The maximum absolute atomic E-state index is 13.8. The summed E-state index contributed by atoms with van der Waals surface area (Å²) >= 11 is 12.8. The van der Waals surface area contributed by atoms with Crippen LogP contribution < -0.4 is 16.1 Å². The highest BCUT2D eigenvalue weighted by Crippen LogP contribution is 2.48. The van der Waals surface area contributed by atoms with E-state index in [1.165, 1.54) is 48.5 Å². The maximum Gasteiger partial charge on any atom is 0.271 e. The molecule has 0 saturated heterocycles. The number of amides is 1. The zero-order valence-corrected chi connectivity index (χ0v) is 43.1. The molecule has 0 saturated carbocycles. The van der Waals surface area contributed by atoms with Crippen LogP contribution >= 0.6 is 23.2 Å². The zero-order valence-electron chi connectivity index (χ0n) is 41.6. The van der Waals surface area contributed by atoms with E-state index in [0.29, 0.717) is 59.6 Å². The highest BCUT2D eigenvalue weighted by molar-refractivity contribution is 6.33. The fourth-order valence-electron chi connectivity index (χ4n) is 10.1. The van der Waals surface area contributed by atoms with Gasteiger partial charge in [0.05, 0.1) is 37.8 Å². The molecule has 10 aromatic carbocycles. The number of benzene rings is 10. The Morgan fingerprint density at radius 3 is 1.66 bits per heavy atom. The second-order valence-corrected chi connectivity index (χ2v) is 19.6. The van der Waals surface area contributed by atoms with Gasteiger partial charge >= 0.3 is 0 Å². The lowest BCUT2D eigenvalue weighted by atomic mass is 9.94. The van der Waals surface area contributed by atoms with E-state index in [1.807, 2.05) is 78.7 Å². The predicted molar refractivity (Wildman–Crippen MR) is 311 cm³/mol. The van der Waals surface area contributed by atoms with Crippen molar-refractivity contribution in [1.82, 2.24) is 9.97 Å². The number of phenols is 2. The number of nitro benzene ring substituents is 2. The van der Waals surface area contributed by atoms with E-state index < -0.39 is 27.6 Å². The van der Waals surface area contributed by atoms with Gasteiger partial charge < -0.3 is 30.4 Å². The number of H-pyrrole nitrogens is 2. The lowest BCUT2D eigenvalue weighted by Crippen LogP contribution is -2.12. The molecule has 392 valence electrons. The highest BCUT2D eigenvalue weighted by atomic mass is 35.5. The number of aromatic amines is 2. The van der Waals surface area contributed by atoms with Crippen LogP contribution in [-0.2, 0) is 4.84 Å². The van der Waals surface area contributed by atoms with Gasteiger partial charge in [-0.3, -0.25) is 29.9 Å². The average Bonchev–Trinajstić information content (AvgIpc) is 4.09. The van der Waals surface area contributed by atoms with Crippen LogP contribution in [0.2, 0.25) is 10.0 Å². The van der Waals surface area contributed by atoms with Crippen LogP contribution in [0.4, 0.5) is 51.2 Å². The fourth-order valence-corrected chi connectivity index (χ4v) is 10.4. The van der Waals surface area contributed by atoms with Gasteiger partial charge in [0.1, 0.15) is 23.2 Å². The molecule has 21 heteroatoms. The topological polar surface area (TPSA) is 275 Å². The van der Waals surface area contributed by atoms with Crippen molar-refractivity contribution in [1.29, 1.82) is 0 Å². The van der Waals surface area contributed by atoms with Crippen molar-refractivity contribution in [2.24, 2.45) is 26.4 Å². The Labute approximate surface area is 461 Å². The lowest BCUT2D eigenvalue weighted by Gasteiger charge is -2.19. The highest BCUT2D eigenvalue weighted by Gasteiger charge is 2.27. The molecule has 1 amide bonds. The Morgan fingerprint density at radius 1 is 0.613 bits per heavy atom. The van der Waals surface area contributed by atoms with Gasteiger partial charge in [0.15, 0.2) is 5.75 Å². The molecule has 0 aliphatic carbocycles. The Hall–Kier alpha value is -10.3. The average molecular weight is 1100 g/mol. The summed E-state index contributed by atoms with van der Waals surface area (Å²) in [5.41, 5.74) is 5.61. The summed E-state index contributed by atoms with van der Waals surface area (Å²) in [6, 6.07) is 47.4. The number of non-ortho nitro benzene ring substituents is 2. The van der Waals surface area contributed by atoms with Crippen LogP contribution in [0.15, 0.2) is 190 Å². The van der Waals surface area contributed by atoms with Crippen LogP contribution in [-0.4, -0.2) is 43.0 Å². The van der Waals surface area contributed by atoms with Gasteiger partial charge in [-0.25, -0.2) is 5.90 Å². The van der Waals surface area contributed by atoms with E-state index in [9.17, 15) is 35.2 Å². The molecule has 0 aliphatic heterocycles. The predicted octanol–water partition coefficient (Wildman–Crippen LogP) is 16.6. The number of hydrogen-bond donors (Lipinski definition) is 6. The number of anilines is 3. The Balaban J connectivity index is 0.852. The molecule has 12 rings (SSSR count). The van der Waals surface area contributed by atoms with E-state index in [4.69, 9.17) is 33.9 Å². The molecule has 0 radical (unpaired) electrons. The SMILES string of the molecule is CN(c1ccc(N=Nc2c(O)c(C(=O)Nc3cccc([N+](=O)[O-])c3)cc3ccc4c5cc(Cl)ccc5[nH]c4c23)cc1)c1ccc(N=Nc2c(O)c(C(ON)c3cccc([N+](=O)[O-])c3)cc3ccc4c5cc(Cl)ccc5[nH]c4c23)cc1. The fraction of sp³-hybridized carbons (Fsp3) is 0.0339. The standard InChI is InChI=1S/C59H39Cl2N11O8/c1-70(38-16-12-35(13-17-38)66-68-54-50-30(8-20-42-44-27-33(60)10-22-48(44)64-52(42)50)25-46(56(54)73)58(80-62)32-4-2-6-40(24-32)71(76)77)39-18-14-36(15-19-39)67-69-55-51-31(9-21-43-45-28-34(61)11-23-49(45)65-53(43)51)26-47(57(55)74)59(75)63-37-5-3-7-41(29-37)72(78)79/h2-29,58,64-65,73-74H,62H2,1H3,(H,63,75). The van der Waals surface area contributed by atoms with Crippen molar-refractivity contribution >= 4 is 145 Å². The van der Waals surface area contributed by atoms with Gasteiger partial charge in [0.25, 0.3) is 17.3 Å². The molecule has 19 nitrogen and oxygen atoms in total. The van der Waals surface area contributed by atoms with E-state index in [2.05, 4.69) is 35.7 Å². The molecule has 0 aliphatic rings. The number of aromatic hydroxyl groups is 2. The monoisotopic (exact) mass is 1100 g/mol. The first-order chi connectivity index (χ1) is 38.7. The molecule has 2 heterocycles. The number of azo groups is 2. The molecule has 7 N–H and O–H groups in total. The quantitative estimate of drug-likeness (QED) is 0.0361. The largest absolute Gasteiger partial charge is 0.505 e. The number of carbonyl (C=O) groups is 1. The number of nitrogens with zero attached hydrogens (tertiary/aromatic N) is 7. The Kier molecular flexibility index (Phi) is 12.8. The van der Waals surface area contributed by atoms with Gasteiger partial charge in [-0.15, -0.1) is 10.2 Å². The van der Waals surface area contributed by atoms with Crippen molar-refractivity contribution in [2.75, 3.05) is 17.3 Å². The zero-order chi connectivity index (χ0) is 55.5. The maximum atomic E-state index is 13.8. The van der Waals surface area contributed by atoms with Gasteiger partial charge in [0, 0.05) is 107 Å². The summed E-state index contributed by atoms with van der Waals surface area (Å²) in [5, 5.41) is 74.9. The first-order valence-corrected chi connectivity index (χ1v) is 25.2. The molecular formula is C59H39Cl2N11O8. The second-order valence-electron chi connectivity index (χ2n) is 18.7. The summed E-state index contributed by atoms with van der Waals surface area (Å²) in [6.45, 7) is 0. The lowest BCUT2D eigenvalue weighted by molar-refractivity contribution is -0.385. The van der Waals surface area contributed by atoms with Gasteiger partial charge in [-0.1, -0.05) is 65.7 Å². The summed E-state index contributed by atoms with van der Waals surface area (Å²) in [4.78, 5) is 50.1. The molecule has 0 spiro atoms. The first-order valence-electron chi connectivity index (χ1n) is 24.4. The van der Waals surface area contributed by atoms with E-state index >= 15 is 0 Å². The smallest absolute Gasteiger partial charge is 0.271 e. The number of hydrogen-bond acceptors (Lipinski definition) is 14. The Morgan fingerprint density at radius 2 is 1.12 bits per heavy atom. The number of carbonyl (C=O) groups excluding carboxylic acids is 1. The van der Waals surface area contributed by atoms with E-state index in [0.717, 1.165) is 44.0 Å².